The molecule has 1 fully saturated rings. The first-order valence-corrected chi connectivity index (χ1v) is 26.6. The number of aliphatic hydroxyl groups excluding tert-OH is 7. The van der Waals surface area contributed by atoms with E-state index in [-0.39, 0.29) is 12.8 Å². The maximum atomic E-state index is 13.0. The number of carbonyl (C=O) groups is 1. The summed E-state index contributed by atoms with van der Waals surface area (Å²) in [7, 11) is -5.11. The van der Waals surface area contributed by atoms with Crippen LogP contribution in [0.25, 0.3) is 0 Å². The van der Waals surface area contributed by atoms with E-state index < -0.39 is 75.2 Å². The minimum atomic E-state index is -5.11. The fourth-order valence-corrected chi connectivity index (χ4v) is 9.33. The normalized spacial score (nSPS) is 23.1. The largest absolute Gasteiger partial charge is 0.472 e. The van der Waals surface area contributed by atoms with Crippen molar-refractivity contribution in [2.45, 2.75) is 287 Å². The van der Waals surface area contributed by atoms with Crippen molar-refractivity contribution in [3.8, 4) is 0 Å². The van der Waals surface area contributed by atoms with Gasteiger partial charge in [0.25, 0.3) is 0 Å². The standard InChI is InChI=1S/C47H94NO12P/c1-3-5-7-9-11-13-15-17-19-20-21-23-25-27-29-31-33-35-40(50)39(37-59-61(57,58)60-47-45(55)43(53)42(52)44(54)46(47)56)48-41(51)36-38(49)34-32-30-28-26-24-22-18-16-14-12-10-8-6-4-2/h38-40,42-47,49-50,52-56H,3-37H2,1-2H3,(H,48,51)(H,57,58). The van der Waals surface area contributed by atoms with E-state index in [1.54, 1.807) is 0 Å². The van der Waals surface area contributed by atoms with E-state index >= 15 is 0 Å². The van der Waals surface area contributed by atoms with Gasteiger partial charge in [0.05, 0.1) is 31.3 Å². The smallest absolute Gasteiger partial charge is 0.393 e. The molecule has 364 valence electrons. The molecule has 0 spiro atoms. The van der Waals surface area contributed by atoms with E-state index in [2.05, 4.69) is 19.2 Å². The molecule has 1 saturated carbocycles. The lowest BCUT2D eigenvalue weighted by atomic mass is 9.85. The fraction of sp³-hybridized carbons (Fsp3) is 0.979. The molecule has 13 nitrogen and oxygen atoms in total. The zero-order chi connectivity index (χ0) is 45.1. The summed E-state index contributed by atoms with van der Waals surface area (Å²) in [6, 6.07) is -1.15. The topological polar surface area (TPSA) is 226 Å². The van der Waals surface area contributed by atoms with Crippen molar-refractivity contribution in [1.82, 2.24) is 5.32 Å². The van der Waals surface area contributed by atoms with Gasteiger partial charge in [0.1, 0.15) is 36.6 Å². The number of amides is 1. The van der Waals surface area contributed by atoms with Crippen molar-refractivity contribution in [2.24, 2.45) is 0 Å². The van der Waals surface area contributed by atoms with E-state index in [1.807, 2.05) is 0 Å². The van der Waals surface area contributed by atoms with E-state index in [9.17, 15) is 50.0 Å². The lowest BCUT2D eigenvalue weighted by Crippen LogP contribution is -2.64. The lowest BCUT2D eigenvalue weighted by Gasteiger charge is -2.41. The monoisotopic (exact) mass is 896 g/mol. The second-order valence-corrected chi connectivity index (χ2v) is 19.6. The molecule has 9 N–H and O–H groups in total. The van der Waals surface area contributed by atoms with E-state index in [0.29, 0.717) is 12.8 Å². The molecule has 0 aromatic heterocycles. The Kier molecular flexibility index (Phi) is 35.9. The van der Waals surface area contributed by atoms with E-state index in [4.69, 9.17) is 9.05 Å². The van der Waals surface area contributed by atoms with Crippen LogP contribution in [-0.2, 0) is 18.4 Å². The predicted octanol–water partition coefficient (Wildman–Crippen LogP) is 8.82. The molecule has 61 heavy (non-hydrogen) atoms. The summed E-state index contributed by atoms with van der Waals surface area (Å²) in [6.07, 6.45) is 24.3. The third-order valence-electron chi connectivity index (χ3n) is 12.5. The predicted molar refractivity (Wildman–Crippen MR) is 243 cm³/mol. The van der Waals surface area contributed by atoms with Crippen LogP contribution >= 0.6 is 7.82 Å². The van der Waals surface area contributed by atoms with Crippen LogP contribution in [0.5, 0.6) is 0 Å². The summed E-state index contributed by atoms with van der Waals surface area (Å²) in [6.45, 7) is 3.81. The van der Waals surface area contributed by atoms with Crippen LogP contribution < -0.4 is 5.32 Å². The van der Waals surface area contributed by atoms with Gasteiger partial charge < -0.3 is 46.0 Å². The maximum Gasteiger partial charge on any atom is 0.472 e. The van der Waals surface area contributed by atoms with E-state index in [1.165, 1.54) is 141 Å². The Morgan fingerprint density at radius 3 is 1.18 bits per heavy atom. The summed E-state index contributed by atoms with van der Waals surface area (Å²) >= 11 is 0. The first-order chi connectivity index (χ1) is 29.3. The van der Waals surface area contributed by atoms with Gasteiger partial charge in [0.2, 0.25) is 5.91 Å². The number of phosphoric acid groups is 1. The number of phosphoric ester groups is 1. The Morgan fingerprint density at radius 1 is 0.508 bits per heavy atom. The highest BCUT2D eigenvalue weighted by Crippen LogP contribution is 2.47. The van der Waals surface area contributed by atoms with Gasteiger partial charge in [-0.1, -0.05) is 213 Å². The minimum absolute atomic E-state index is 0.216. The number of rotatable bonds is 42. The summed E-state index contributed by atoms with van der Waals surface area (Å²) in [5.74, 6) is -0.556. The van der Waals surface area contributed by atoms with Crippen molar-refractivity contribution >= 4 is 13.7 Å². The van der Waals surface area contributed by atoms with Crippen LogP contribution in [-0.4, -0.2) is 108 Å². The number of hydrogen-bond acceptors (Lipinski definition) is 11. The van der Waals surface area contributed by atoms with Crippen LogP contribution in [0.3, 0.4) is 0 Å². The molecular formula is C47H94NO12P. The highest BCUT2D eigenvalue weighted by Gasteiger charge is 2.51. The van der Waals surface area contributed by atoms with Gasteiger partial charge in [-0.3, -0.25) is 13.8 Å². The molecule has 0 bridgehead atoms. The van der Waals surface area contributed by atoms with Crippen LogP contribution in [0.4, 0.5) is 0 Å². The summed E-state index contributed by atoms with van der Waals surface area (Å²) in [5, 5.41) is 74.7. The Bertz CT molecular complexity index is 1060. The Balaban J connectivity index is 2.48. The van der Waals surface area contributed by atoms with E-state index in [0.717, 1.165) is 51.4 Å². The maximum absolute atomic E-state index is 13.0. The molecule has 0 radical (unpaired) electrons. The highest BCUT2D eigenvalue weighted by molar-refractivity contribution is 7.47. The van der Waals surface area contributed by atoms with Crippen LogP contribution in [0.15, 0.2) is 0 Å². The first kappa shape index (κ1) is 58.3. The van der Waals surface area contributed by atoms with Crippen LogP contribution in [0.1, 0.15) is 232 Å². The van der Waals surface area contributed by atoms with Crippen molar-refractivity contribution in [2.75, 3.05) is 6.61 Å². The fourth-order valence-electron chi connectivity index (χ4n) is 8.36. The Hall–Kier alpha value is -0.700. The van der Waals surface area contributed by atoms with Crippen molar-refractivity contribution < 1.29 is 59.0 Å². The number of carbonyl (C=O) groups excluding carboxylic acids is 1. The molecule has 14 heteroatoms. The zero-order valence-electron chi connectivity index (χ0n) is 38.6. The van der Waals surface area contributed by atoms with Gasteiger partial charge in [-0.25, -0.2) is 4.57 Å². The number of aliphatic hydroxyl groups is 7. The van der Waals surface area contributed by atoms with Gasteiger partial charge in [0, 0.05) is 0 Å². The molecule has 0 aliphatic heterocycles. The molecule has 1 amide bonds. The van der Waals surface area contributed by atoms with Crippen molar-refractivity contribution in [3.63, 3.8) is 0 Å². The van der Waals surface area contributed by atoms with Gasteiger partial charge in [0.15, 0.2) is 0 Å². The van der Waals surface area contributed by atoms with Crippen molar-refractivity contribution in [3.05, 3.63) is 0 Å². The van der Waals surface area contributed by atoms with Gasteiger partial charge in [-0.2, -0.15) is 0 Å². The average molecular weight is 896 g/mol. The second-order valence-electron chi connectivity index (χ2n) is 18.2. The summed E-state index contributed by atoms with van der Waals surface area (Å²) in [5.41, 5.74) is 0. The zero-order valence-corrected chi connectivity index (χ0v) is 39.5. The molecule has 0 saturated heterocycles. The molecule has 8 unspecified atom stereocenters. The third-order valence-corrected chi connectivity index (χ3v) is 13.5. The Labute approximate surface area is 370 Å². The highest BCUT2D eigenvalue weighted by atomic mass is 31.2. The molecule has 1 aliphatic carbocycles. The van der Waals surface area contributed by atoms with Crippen molar-refractivity contribution in [1.29, 1.82) is 0 Å². The number of nitrogens with one attached hydrogen (secondary N) is 1. The minimum Gasteiger partial charge on any atom is -0.393 e. The molecule has 1 aliphatic rings. The number of unbranched alkanes of at least 4 members (excludes halogenated alkanes) is 29. The average Bonchev–Trinajstić information content (AvgIpc) is 3.23. The van der Waals surface area contributed by atoms with Gasteiger partial charge in [-0.05, 0) is 12.8 Å². The second kappa shape index (κ2) is 37.5. The van der Waals surface area contributed by atoms with Crippen LogP contribution in [0, 0.1) is 0 Å². The molecular weight excluding hydrogens is 801 g/mol. The quantitative estimate of drug-likeness (QED) is 0.0207. The van der Waals surface area contributed by atoms with Gasteiger partial charge in [-0.15, -0.1) is 0 Å². The molecule has 0 aromatic rings. The van der Waals surface area contributed by atoms with Gasteiger partial charge >= 0.3 is 7.82 Å². The molecule has 8 atom stereocenters. The summed E-state index contributed by atoms with van der Waals surface area (Å²) in [4.78, 5) is 23.5. The first-order valence-electron chi connectivity index (χ1n) is 25.1. The Morgan fingerprint density at radius 2 is 0.820 bits per heavy atom. The van der Waals surface area contributed by atoms with Crippen LogP contribution in [0.2, 0.25) is 0 Å². The number of hydrogen-bond donors (Lipinski definition) is 9. The lowest BCUT2D eigenvalue weighted by molar-refractivity contribution is -0.220. The molecule has 1 rings (SSSR count). The third kappa shape index (κ3) is 29.5. The molecule has 0 heterocycles. The summed E-state index contributed by atoms with van der Waals surface area (Å²) < 4.78 is 23.0. The SMILES string of the molecule is CCCCCCCCCCCCCCCCCCCC(O)C(COP(=O)(O)OC1C(O)C(O)C(O)C(O)C1O)NC(=O)CC(O)CCCCCCCCCCCCCCCC. The molecule has 0 aromatic carbocycles.